The van der Waals surface area contributed by atoms with Crippen molar-refractivity contribution in [2.75, 3.05) is 61.5 Å². The zero-order chi connectivity index (χ0) is 24.7. The maximum Gasteiger partial charge on any atom is 0.274 e. The first-order valence-electron chi connectivity index (χ1n) is 12.0. The van der Waals surface area contributed by atoms with Crippen LogP contribution in [0.5, 0.6) is 0 Å². The summed E-state index contributed by atoms with van der Waals surface area (Å²) in [6.45, 7) is 15.4. The van der Waals surface area contributed by atoms with Crippen molar-refractivity contribution >= 4 is 29.2 Å². The van der Waals surface area contributed by atoms with Crippen molar-refractivity contribution in [1.82, 2.24) is 20.8 Å². The van der Waals surface area contributed by atoms with Gasteiger partial charge in [0.25, 0.3) is 5.91 Å². The standard InChI is InChI=1S/C25H39N7O2/c1-7-34-30-23(33)19-10-9-18(2)20(15-19)27-21-16-22(31(6)17-25(3,4)5)29-24(28-21)32-13-8-11-26-12-14-32/h9-10,15-16,26H,7-8,11-14,17H2,1-6H3,(H,30,33)(H,27,28,29). The van der Waals surface area contributed by atoms with E-state index in [1.165, 1.54) is 0 Å². The van der Waals surface area contributed by atoms with Gasteiger partial charge < -0.3 is 20.4 Å². The third kappa shape index (κ3) is 7.30. The van der Waals surface area contributed by atoms with Gasteiger partial charge in [0.1, 0.15) is 11.6 Å². The molecule has 0 unspecified atom stereocenters. The van der Waals surface area contributed by atoms with Gasteiger partial charge in [0, 0.05) is 50.5 Å². The van der Waals surface area contributed by atoms with Crippen molar-refractivity contribution in [3.8, 4) is 0 Å². The SMILES string of the molecule is CCONC(=O)c1ccc(C)c(Nc2cc(N(C)CC(C)(C)C)nc(N3CCCNCC3)n2)c1. The summed E-state index contributed by atoms with van der Waals surface area (Å²) in [5.41, 5.74) is 4.91. The quantitative estimate of drug-likeness (QED) is 0.506. The highest BCUT2D eigenvalue weighted by Crippen LogP contribution is 2.27. The van der Waals surface area contributed by atoms with E-state index in [-0.39, 0.29) is 11.3 Å². The van der Waals surface area contributed by atoms with Crippen LogP contribution in [0.1, 0.15) is 50.0 Å². The summed E-state index contributed by atoms with van der Waals surface area (Å²) >= 11 is 0. The second-order valence-electron chi connectivity index (χ2n) is 9.94. The molecule has 0 bridgehead atoms. The first kappa shape index (κ1) is 25.7. The molecule has 1 aromatic heterocycles. The maximum atomic E-state index is 12.4. The lowest BCUT2D eigenvalue weighted by Crippen LogP contribution is -2.32. The van der Waals surface area contributed by atoms with Gasteiger partial charge in [-0.3, -0.25) is 9.63 Å². The van der Waals surface area contributed by atoms with Gasteiger partial charge in [-0.15, -0.1) is 0 Å². The van der Waals surface area contributed by atoms with Crippen molar-refractivity contribution in [1.29, 1.82) is 0 Å². The number of rotatable bonds is 8. The molecule has 9 heteroatoms. The van der Waals surface area contributed by atoms with E-state index in [1.54, 1.807) is 6.07 Å². The Labute approximate surface area is 203 Å². The van der Waals surface area contributed by atoms with Gasteiger partial charge >= 0.3 is 0 Å². The second-order valence-corrected chi connectivity index (χ2v) is 9.94. The number of carbonyl (C=O) groups excluding carboxylic acids is 1. The van der Waals surface area contributed by atoms with Gasteiger partial charge in [0.05, 0.1) is 6.61 Å². The predicted molar refractivity (Wildman–Crippen MR) is 138 cm³/mol. The number of carbonyl (C=O) groups is 1. The Balaban J connectivity index is 1.94. The highest BCUT2D eigenvalue weighted by atomic mass is 16.6. The summed E-state index contributed by atoms with van der Waals surface area (Å²) in [6.07, 6.45) is 1.05. The number of aromatic nitrogens is 2. The number of aryl methyl sites for hydroxylation is 1. The molecule has 1 amide bonds. The molecule has 1 aliphatic heterocycles. The molecule has 1 fully saturated rings. The third-order valence-electron chi connectivity index (χ3n) is 5.50. The van der Waals surface area contributed by atoms with Crippen LogP contribution >= 0.6 is 0 Å². The number of hydrogen-bond donors (Lipinski definition) is 3. The minimum atomic E-state index is -0.282. The minimum absolute atomic E-state index is 0.124. The Morgan fingerprint density at radius 1 is 1.21 bits per heavy atom. The van der Waals surface area contributed by atoms with Gasteiger partial charge in [-0.2, -0.15) is 9.97 Å². The van der Waals surface area contributed by atoms with Crippen molar-refractivity contribution < 1.29 is 9.63 Å². The van der Waals surface area contributed by atoms with Crippen molar-refractivity contribution in [2.45, 2.75) is 41.0 Å². The van der Waals surface area contributed by atoms with E-state index in [1.807, 2.05) is 32.0 Å². The van der Waals surface area contributed by atoms with Gasteiger partial charge in [0.2, 0.25) is 5.95 Å². The van der Waals surface area contributed by atoms with E-state index in [0.717, 1.165) is 56.2 Å². The Bertz CT molecular complexity index is 966. The lowest BCUT2D eigenvalue weighted by Gasteiger charge is -2.29. The first-order valence-corrected chi connectivity index (χ1v) is 12.0. The lowest BCUT2D eigenvalue weighted by molar-refractivity contribution is 0.0364. The van der Waals surface area contributed by atoms with E-state index in [0.29, 0.717) is 23.9 Å². The zero-order valence-corrected chi connectivity index (χ0v) is 21.4. The van der Waals surface area contributed by atoms with Crippen LogP contribution in [-0.4, -0.2) is 62.3 Å². The molecular weight excluding hydrogens is 430 g/mol. The molecular formula is C25H39N7O2. The van der Waals surface area contributed by atoms with Gasteiger partial charge in [0.15, 0.2) is 0 Å². The number of hydroxylamine groups is 1. The van der Waals surface area contributed by atoms with Crippen molar-refractivity contribution in [3.63, 3.8) is 0 Å². The van der Waals surface area contributed by atoms with Crippen LogP contribution < -0.4 is 25.9 Å². The summed E-state index contributed by atoms with van der Waals surface area (Å²) < 4.78 is 0. The molecule has 1 saturated heterocycles. The molecule has 2 heterocycles. The molecule has 0 radical (unpaired) electrons. The van der Waals surface area contributed by atoms with E-state index < -0.39 is 0 Å². The molecule has 34 heavy (non-hydrogen) atoms. The fourth-order valence-corrected chi connectivity index (χ4v) is 3.89. The monoisotopic (exact) mass is 469 g/mol. The molecule has 1 aliphatic rings. The Morgan fingerprint density at radius 3 is 2.74 bits per heavy atom. The number of nitrogens with zero attached hydrogens (tertiary/aromatic N) is 4. The van der Waals surface area contributed by atoms with E-state index in [4.69, 9.17) is 14.8 Å². The number of nitrogens with one attached hydrogen (secondary N) is 3. The fraction of sp³-hybridized carbons (Fsp3) is 0.560. The molecule has 0 aliphatic carbocycles. The van der Waals surface area contributed by atoms with Crippen LogP contribution in [0, 0.1) is 12.3 Å². The van der Waals surface area contributed by atoms with Crippen LogP contribution in [-0.2, 0) is 4.84 Å². The molecule has 186 valence electrons. The summed E-state index contributed by atoms with van der Waals surface area (Å²) in [5.74, 6) is 1.99. The number of amides is 1. The van der Waals surface area contributed by atoms with Crippen LogP contribution in [0.3, 0.4) is 0 Å². The van der Waals surface area contributed by atoms with Crippen LogP contribution in [0.2, 0.25) is 0 Å². The molecule has 0 spiro atoms. The van der Waals surface area contributed by atoms with Crippen LogP contribution in [0.25, 0.3) is 0 Å². The Kier molecular flexibility index (Phi) is 8.68. The average molecular weight is 470 g/mol. The number of anilines is 4. The number of benzene rings is 1. The molecule has 0 saturated carbocycles. The molecule has 0 atom stereocenters. The third-order valence-corrected chi connectivity index (χ3v) is 5.50. The molecule has 2 aromatic rings. The zero-order valence-electron chi connectivity index (χ0n) is 21.4. The van der Waals surface area contributed by atoms with Crippen molar-refractivity contribution in [3.05, 3.63) is 35.4 Å². The van der Waals surface area contributed by atoms with Crippen LogP contribution in [0.15, 0.2) is 24.3 Å². The molecule has 3 rings (SSSR count). The van der Waals surface area contributed by atoms with Gasteiger partial charge in [-0.05, 0) is 49.9 Å². The van der Waals surface area contributed by atoms with Gasteiger partial charge in [-0.1, -0.05) is 26.8 Å². The predicted octanol–water partition coefficient (Wildman–Crippen LogP) is 3.49. The smallest absolute Gasteiger partial charge is 0.274 e. The topological polar surface area (TPSA) is 94.7 Å². The molecule has 9 nitrogen and oxygen atoms in total. The van der Waals surface area contributed by atoms with E-state index in [2.05, 4.69) is 53.7 Å². The lowest BCUT2D eigenvalue weighted by atomic mass is 9.96. The van der Waals surface area contributed by atoms with Crippen molar-refractivity contribution in [2.24, 2.45) is 5.41 Å². The first-order chi connectivity index (χ1) is 16.2. The van der Waals surface area contributed by atoms with E-state index >= 15 is 0 Å². The Morgan fingerprint density at radius 2 is 2.00 bits per heavy atom. The van der Waals surface area contributed by atoms with Crippen LogP contribution in [0.4, 0.5) is 23.3 Å². The molecule has 1 aromatic carbocycles. The van der Waals surface area contributed by atoms with Gasteiger partial charge in [-0.25, -0.2) is 5.48 Å². The van der Waals surface area contributed by atoms with E-state index in [9.17, 15) is 4.79 Å². The summed E-state index contributed by atoms with van der Waals surface area (Å²) in [6, 6.07) is 7.49. The Hall–Kier alpha value is -2.91. The minimum Gasteiger partial charge on any atom is -0.359 e. The fourth-order valence-electron chi connectivity index (χ4n) is 3.89. The highest BCUT2D eigenvalue weighted by molar-refractivity contribution is 5.94. The largest absolute Gasteiger partial charge is 0.359 e. The normalized spacial score (nSPS) is 14.5. The number of hydrogen-bond acceptors (Lipinski definition) is 8. The summed E-state index contributed by atoms with van der Waals surface area (Å²) in [5, 5.41) is 6.87. The molecule has 3 N–H and O–H groups in total. The maximum absolute atomic E-state index is 12.4. The second kappa shape index (κ2) is 11.5. The highest BCUT2D eigenvalue weighted by Gasteiger charge is 2.19. The summed E-state index contributed by atoms with van der Waals surface area (Å²) in [7, 11) is 2.06. The summed E-state index contributed by atoms with van der Waals surface area (Å²) in [4.78, 5) is 31.6. The average Bonchev–Trinajstić information content (AvgIpc) is 3.07.